The molecule has 1 unspecified atom stereocenters. The number of carbonyl (C=O) groups is 1. The molecule has 6 heteroatoms. The first kappa shape index (κ1) is 17.3. The van der Waals surface area contributed by atoms with Crippen LogP contribution in [-0.2, 0) is 11.2 Å². The van der Waals surface area contributed by atoms with E-state index in [1.807, 2.05) is 32.9 Å². The van der Waals surface area contributed by atoms with Crippen molar-refractivity contribution in [2.24, 2.45) is 0 Å². The Bertz CT molecular complexity index is 697. The van der Waals surface area contributed by atoms with Crippen LogP contribution in [-0.4, -0.2) is 25.1 Å². The zero-order valence-corrected chi connectivity index (χ0v) is 14.9. The first-order valence-corrected chi connectivity index (χ1v) is 8.20. The van der Waals surface area contributed by atoms with Gasteiger partial charge in [0.05, 0.1) is 37.4 Å². The molecule has 1 aromatic carbocycles. The van der Waals surface area contributed by atoms with E-state index in [1.54, 1.807) is 31.6 Å². The molecule has 1 heterocycles. The number of thiazole rings is 1. The summed E-state index contributed by atoms with van der Waals surface area (Å²) in [6, 6.07) is 5.33. The van der Waals surface area contributed by atoms with Gasteiger partial charge in [-0.25, -0.2) is 4.98 Å². The molecule has 0 aliphatic rings. The molecule has 2 rings (SSSR count). The van der Waals surface area contributed by atoms with Crippen LogP contribution in [0.25, 0.3) is 0 Å². The molecule has 124 valence electrons. The lowest BCUT2D eigenvalue weighted by Crippen LogP contribution is -2.28. The molecule has 23 heavy (non-hydrogen) atoms. The standard InChI is InChI=1S/C17H22N2O3S/c1-10(17-11(2)23-12(3)19-17)18-16(20)8-13-6-7-14(21-4)9-15(13)22-5/h6-7,9-10H,8H2,1-5H3,(H,18,20). The molecule has 1 amide bonds. The van der Waals surface area contributed by atoms with Crippen molar-refractivity contribution in [3.05, 3.63) is 39.3 Å². The lowest BCUT2D eigenvalue weighted by atomic mass is 10.1. The third-order valence-electron chi connectivity index (χ3n) is 3.57. The summed E-state index contributed by atoms with van der Waals surface area (Å²) < 4.78 is 10.5. The number of carbonyl (C=O) groups excluding carboxylic acids is 1. The van der Waals surface area contributed by atoms with Gasteiger partial charge in [0.2, 0.25) is 5.91 Å². The number of hydrogen-bond donors (Lipinski definition) is 1. The SMILES string of the molecule is COc1ccc(CC(=O)NC(C)c2nc(C)sc2C)c(OC)c1. The molecule has 5 nitrogen and oxygen atoms in total. The Morgan fingerprint density at radius 2 is 2.04 bits per heavy atom. The van der Waals surface area contributed by atoms with Gasteiger partial charge in [0.25, 0.3) is 0 Å². The van der Waals surface area contributed by atoms with Crippen LogP contribution in [0.3, 0.4) is 0 Å². The molecule has 0 saturated heterocycles. The molecule has 1 atom stereocenters. The molecule has 0 saturated carbocycles. The molecule has 0 bridgehead atoms. The predicted octanol–water partition coefficient (Wildman–Crippen LogP) is 3.20. The number of aromatic nitrogens is 1. The molecule has 2 aromatic rings. The smallest absolute Gasteiger partial charge is 0.225 e. The number of hydrogen-bond acceptors (Lipinski definition) is 5. The number of amides is 1. The Morgan fingerprint density at radius 3 is 2.61 bits per heavy atom. The van der Waals surface area contributed by atoms with E-state index in [4.69, 9.17) is 9.47 Å². The van der Waals surface area contributed by atoms with Crippen LogP contribution in [0.15, 0.2) is 18.2 Å². The van der Waals surface area contributed by atoms with Crippen LogP contribution < -0.4 is 14.8 Å². The van der Waals surface area contributed by atoms with Gasteiger partial charge < -0.3 is 14.8 Å². The second-order valence-electron chi connectivity index (χ2n) is 5.32. The van der Waals surface area contributed by atoms with Crippen LogP contribution in [0.1, 0.15) is 34.1 Å². The fourth-order valence-corrected chi connectivity index (χ4v) is 3.39. The van der Waals surface area contributed by atoms with Crippen molar-refractivity contribution in [2.45, 2.75) is 33.2 Å². The second-order valence-corrected chi connectivity index (χ2v) is 6.73. The van der Waals surface area contributed by atoms with E-state index in [9.17, 15) is 4.79 Å². The summed E-state index contributed by atoms with van der Waals surface area (Å²) in [4.78, 5) is 17.9. The van der Waals surface area contributed by atoms with Gasteiger partial charge in [-0.2, -0.15) is 0 Å². The Labute approximate surface area is 140 Å². The van der Waals surface area contributed by atoms with Crippen LogP contribution in [0.4, 0.5) is 0 Å². The van der Waals surface area contributed by atoms with E-state index < -0.39 is 0 Å². The third kappa shape index (κ3) is 4.22. The number of rotatable bonds is 6. The summed E-state index contributed by atoms with van der Waals surface area (Å²) in [5, 5.41) is 4.01. The lowest BCUT2D eigenvalue weighted by molar-refractivity contribution is -0.121. The minimum atomic E-state index is -0.114. The van der Waals surface area contributed by atoms with Crippen molar-refractivity contribution in [3.63, 3.8) is 0 Å². The monoisotopic (exact) mass is 334 g/mol. The van der Waals surface area contributed by atoms with Gasteiger partial charge in [-0.1, -0.05) is 6.07 Å². The highest BCUT2D eigenvalue weighted by atomic mass is 32.1. The van der Waals surface area contributed by atoms with Crippen molar-refractivity contribution in [1.82, 2.24) is 10.3 Å². The van der Waals surface area contributed by atoms with E-state index in [0.29, 0.717) is 11.5 Å². The van der Waals surface area contributed by atoms with E-state index in [0.717, 1.165) is 21.1 Å². The zero-order valence-electron chi connectivity index (χ0n) is 14.1. The van der Waals surface area contributed by atoms with E-state index in [-0.39, 0.29) is 18.4 Å². The van der Waals surface area contributed by atoms with Gasteiger partial charge in [0, 0.05) is 16.5 Å². The Hall–Kier alpha value is -2.08. The molecule has 0 fully saturated rings. The van der Waals surface area contributed by atoms with E-state index in [1.165, 1.54) is 0 Å². The maximum absolute atomic E-state index is 12.3. The average molecular weight is 334 g/mol. The van der Waals surface area contributed by atoms with Crippen LogP contribution in [0, 0.1) is 13.8 Å². The van der Waals surface area contributed by atoms with Crippen LogP contribution in [0.2, 0.25) is 0 Å². The Morgan fingerprint density at radius 1 is 1.30 bits per heavy atom. The van der Waals surface area contributed by atoms with Gasteiger partial charge in [-0.05, 0) is 26.8 Å². The van der Waals surface area contributed by atoms with Gasteiger partial charge in [0.15, 0.2) is 0 Å². The van der Waals surface area contributed by atoms with Crippen molar-refractivity contribution in [1.29, 1.82) is 0 Å². The van der Waals surface area contributed by atoms with Gasteiger partial charge in [0.1, 0.15) is 11.5 Å². The summed E-state index contributed by atoms with van der Waals surface area (Å²) >= 11 is 1.64. The van der Waals surface area contributed by atoms with Crippen LogP contribution >= 0.6 is 11.3 Å². The van der Waals surface area contributed by atoms with E-state index in [2.05, 4.69) is 10.3 Å². The molecule has 0 spiro atoms. The average Bonchev–Trinajstić information content (AvgIpc) is 2.86. The lowest BCUT2D eigenvalue weighted by Gasteiger charge is -2.14. The largest absolute Gasteiger partial charge is 0.497 e. The summed E-state index contributed by atoms with van der Waals surface area (Å²) in [6.07, 6.45) is 0.250. The minimum Gasteiger partial charge on any atom is -0.497 e. The predicted molar refractivity (Wildman–Crippen MR) is 91.4 cm³/mol. The van der Waals surface area contributed by atoms with Crippen molar-refractivity contribution in [2.75, 3.05) is 14.2 Å². The third-order valence-corrected chi connectivity index (χ3v) is 4.47. The van der Waals surface area contributed by atoms with Gasteiger partial charge >= 0.3 is 0 Å². The van der Waals surface area contributed by atoms with Crippen molar-refractivity contribution in [3.8, 4) is 11.5 Å². The quantitative estimate of drug-likeness (QED) is 0.881. The molecular weight excluding hydrogens is 312 g/mol. The molecule has 0 aliphatic carbocycles. The number of nitrogens with one attached hydrogen (secondary N) is 1. The maximum atomic E-state index is 12.3. The first-order valence-electron chi connectivity index (χ1n) is 7.38. The maximum Gasteiger partial charge on any atom is 0.225 e. The minimum absolute atomic E-state index is 0.0639. The van der Waals surface area contributed by atoms with Gasteiger partial charge in [-0.15, -0.1) is 11.3 Å². The molecule has 1 N–H and O–H groups in total. The molecule has 1 aromatic heterocycles. The highest BCUT2D eigenvalue weighted by Crippen LogP contribution is 2.26. The molecule has 0 aliphatic heterocycles. The van der Waals surface area contributed by atoms with E-state index >= 15 is 0 Å². The normalized spacial score (nSPS) is 11.9. The van der Waals surface area contributed by atoms with Crippen molar-refractivity contribution < 1.29 is 14.3 Å². The van der Waals surface area contributed by atoms with Crippen molar-refractivity contribution >= 4 is 17.2 Å². The van der Waals surface area contributed by atoms with Crippen LogP contribution in [0.5, 0.6) is 11.5 Å². The summed E-state index contributed by atoms with van der Waals surface area (Å²) in [5.41, 5.74) is 1.76. The first-order chi connectivity index (χ1) is 10.9. The fourth-order valence-electron chi connectivity index (χ4n) is 2.48. The number of ether oxygens (including phenoxy) is 2. The second kappa shape index (κ2) is 7.46. The zero-order chi connectivity index (χ0) is 17.0. The number of aryl methyl sites for hydroxylation is 2. The topological polar surface area (TPSA) is 60.5 Å². The fraction of sp³-hybridized carbons (Fsp3) is 0.412. The highest BCUT2D eigenvalue weighted by molar-refractivity contribution is 7.11. The number of methoxy groups -OCH3 is 2. The number of benzene rings is 1. The number of nitrogens with zero attached hydrogens (tertiary/aromatic N) is 1. The summed E-state index contributed by atoms with van der Waals surface area (Å²) in [6.45, 7) is 5.94. The summed E-state index contributed by atoms with van der Waals surface area (Å²) in [7, 11) is 3.18. The van der Waals surface area contributed by atoms with Gasteiger partial charge in [-0.3, -0.25) is 4.79 Å². The molecule has 0 radical (unpaired) electrons. The summed E-state index contributed by atoms with van der Waals surface area (Å²) in [5.74, 6) is 1.28. The Balaban J connectivity index is 2.06. The Kier molecular flexibility index (Phi) is 5.60. The highest BCUT2D eigenvalue weighted by Gasteiger charge is 2.17. The molecular formula is C17H22N2O3S.